The van der Waals surface area contributed by atoms with Crippen LogP contribution in [0.25, 0.3) is 0 Å². The van der Waals surface area contributed by atoms with Crippen molar-refractivity contribution >= 4 is 11.9 Å². The van der Waals surface area contributed by atoms with E-state index in [1.807, 2.05) is 13.0 Å². The number of rotatable bonds is 4. The lowest BCUT2D eigenvalue weighted by atomic mass is 9.94. The Bertz CT molecular complexity index is 725. The van der Waals surface area contributed by atoms with Crippen LogP contribution in [0.2, 0.25) is 0 Å². The number of hydrogen-bond acceptors (Lipinski definition) is 6. The first kappa shape index (κ1) is 15.5. The van der Waals surface area contributed by atoms with Crippen molar-refractivity contribution in [3.05, 3.63) is 34.5 Å². The summed E-state index contributed by atoms with van der Waals surface area (Å²) in [6.45, 7) is 2.36. The number of aromatic nitrogens is 3. The predicted octanol–water partition coefficient (Wildman–Crippen LogP) is 1.76. The minimum Gasteiger partial charge on any atom is -0.368 e. The van der Waals surface area contributed by atoms with Gasteiger partial charge in [0.15, 0.2) is 5.76 Å². The van der Waals surface area contributed by atoms with Crippen LogP contribution in [0.15, 0.2) is 10.6 Å². The zero-order valence-electron chi connectivity index (χ0n) is 13.5. The molecule has 7 heteroatoms. The normalized spacial score (nSPS) is 13.7. The third-order valence-corrected chi connectivity index (χ3v) is 4.11. The van der Waals surface area contributed by atoms with Crippen molar-refractivity contribution in [3.63, 3.8) is 0 Å². The molecule has 0 bridgehead atoms. The second-order valence-corrected chi connectivity index (χ2v) is 5.86. The van der Waals surface area contributed by atoms with E-state index < -0.39 is 0 Å². The summed E-state index contributed by atoms with van der Waals surface area (Å²) in [5.74, 6) is 0.663. The molecule has 7 nitrogen and oxygen atoms in total. The number of nitrogen functional groups attached to an aromatic ring is 1. The molecule has 1 aliphatic rings. The van der Waals surface area contributed by atoms with Gasteiger partial charge in [-0.1, -0.05) is 12.1 Å². The average Bonchev–Trinajstić information content (AvgIpc) is 3.00. The van der Waals surface area contributed by atoms with E-state index in [4.69, 9.17) is 10.3 Å². The van der Waals surface area contributed by atoms with Gasteiger partial charge in [0.25, 0.3) is 5.91 Å². The molecule has 122 valence electrons. The molecule has 0 saturated carbocycles. The van der Waals surface area contributed by atoms with Gasteiger partial charge in [0, 0.05) is 24.4 Å². The first-order chi connectivity index (χ1) is 11.1. The van der Waals surface area contributed by atoms with Crippen molar-refractivity contribution in [2.45, 2.75) is 45.6 Å². The lowest BCUT2D eigenvalue weighted by Gasteiger charge is -2.21. The number of aryl methyl sites for hydroxylation is 2. The van der Waals surface area contributed by atoms with Crippen LogP contribution in [0.3, 0.4) is 0 Å². The number of amides is 1. The summed E-state index contributed by atoms with van der Waals surface area (Å²) in [5.41, 5.74) is 8.92. The van der Waals surface area contributed by atoms with Gasteiger partial charge >= 0.3 is 0 Å². The van der Waals surface area contributed by atoms with Crippen LogP contribution >= 0.6 is 0 Å². The van der Waals surface area contributed by atoms with E-state index in [0.29, 0.717) is 18.0 Å². The lowest BCUT2D eigenvalue weighted by molar-refractivity contribution is 0.0764. The molecular weight excluding hydrogens is 294 g/mol. The van der Waals surface area contributed by atoms with Gasteiger partial charge in [-0.15, -0.1) is 0 Å². The van der Waals surface area contributed by atoms with Gasteiger partial charge in [-0.05, 0) is 32.1 Å². The predicted molar refractivity (Wildman–Crippen MR) is 84.8 cm³/mol. The summed E-state index contributed by atoms with van der Waals surface area (Å²) < 4.78 is 5.25. The van der Waals surface area contributed by atoms with Crippen LogP contribution in [0.4, 0.5) is 5.95 Å². The Morgan fingerprint density at radius 2 is 2.13 bits per heavy atom. The van der Waals surface area contributed by atoms with E-state index in [9.17, 15) is 4.79 Å². The summed E-state index contributed by atoms with van der Waals surface area (Å²) in [6.07, 6.45) is 4.61. The van der Waals surface area contributed by atoms with Gasteiger partial charge in [-0.3, -0.25) is 4.79 Å². The average molecular weight is 315 g/mol. The molecule has 2 aromatic rings. The molecule has 1 amide bonds. The molecular formula is C16H21N5O2. The smallest absolute Gasteiger partial charge is 0.273 e. The molecule has 0 fully saturated rings. The summed E-state index contributed by atoms with van der Waals surface area (Å²) in [4.78, 5) is 22.8. The third kappa shape index (κ3) is 3.18. The number of fused-ring (bicyclic) bond motifs is 1. The first-order valence-electron chi connectivity index (χ1n) is 7.93. The summed E-state index contributed by atoms with van der Waals surface area (Å²) in [6, 6.07) is 1.87. The largest absolute Gasteiger partial charge is 0.368 e. The molecule has 0 atom stereocenters. The Hall–Kier alpha value is -2.44. The Morgan fingerprint density at radius 3 is 2.87 bits per heavy atom. The van der Waals surface area contributed by atoms with Crippen molar-refractivity contribution in [2.75, 3.05) is 12.8 Å². The maximum absolute atomic E-state index is 12.8. The number of nitrogens with two attached hydrogens (primary N) is 1. The molecule has 23 heavy (non-hydrogen) atoms. The Morgan fingerprint density at radius 1 is 1.35 bits per heavy atom. The summed E-state index contributed by atoms with van der Waals surface area (Å²) >= 11 is 0. The Labute approximate surface area is 134 Å². The van der Waals surface area contributed by atoms with Crippen molar-refractivity contribution < 1.29 is 9.32 Å². The monoisotopic (exact) mass is 315 g/mol. The van der Waals surface area contributed by atoms with Crippen molar-refractivity contribution in [3.8, 4) is 0 Å². The molecule has 3 rings (SSSR count). The summed E-state index contributed by atoms with van der Waals surface area (Å²) in [7, 11) is 1.73. The second kappa shape index (κ2) is 6.36. The van der Waals surface area contributed by atoms with Gasteiger partial charge in [-0.2, -0.15) is 0 Å². The molecule has 0 saturated heterocycles. The molecule has 0 aliphatic heterocycles. The second-order valence-electron chi connectivity index (χ2n) is 5.86. The molecule has 1 aliphatic carbocycles. The van der Waals surface area contributed by atoms with Crippen LogP contribution in [0.1, 0.15) is 53.0 Å². The van der Waals surface area contributed by atoms with Crippen molar-refractivity contribution in [1.82, 2.24) is 20.0 Å². The fraction of sp³-hybridized carbons (Fsp3) is 0.500. The van der Waals surface area contributed by atoms with Crippen molar-refractivity contribution in [2.24, 2.45) is 0 Å². The van der Waals surface area contributed by atoms with Gasteiger partial charge in [-0.25, -0.2) is 9.97 Å². The van der Waals surface area contributed by atoms with E-state index in [-0.39, 0.29) is 11.9 Å². The van der Waals surface area contributed by atoms with E-state index >= 15 is 0 Å². The molecule has 2 N–H and O–H groups in total. The van der Waals surface area contributed by atoms with Gasteiger partial charge in [0.05, 0.1) is 12.2 Å². The zero-order valence-corrected chi connectivity index (χ0v) is 13.5. The van der Waals surface area contributed by atoms with E-state index in [0.717, 1.165) is 49.1 Å². The Balaban J connectivity index is 1.83. The van der Waals surface area contributed by atoms with Crippen LogP contribution < -0.4 is 5.73 Å². The van der Waals surface area contributed by atoms with Crippen LogP contribution in [-0.4, -0.2) is 33.0 Å². The minimum absolute atomic E-state index is 0.160. The number of nitrogens with zero attached hydrogens (tertiary/aromatic N) is 4. The first-order valence-corrected chi connectivity index (χ1v) is 7.93. The zero-order chi connectivity index (χ0) is 16.4. The SMILES string of the molecule is CCc1cc(CN(C)C(=O)c2nc(N)nc3c2CCCC3)on1. The fourth-order valence-corrected chi connectivity index (χ4v) is 2.87. The highest BCUT2D eigenvalue weighted by atomic mass is 16.5. The van der Waals surface area contributed by atoms with Crippen LogP contribution in [0.5, 0.6) is 0 Å². The highest BCUT2D eigenvalue weighted by molar-refractivity contribution is 5.94. The van der Waals surface area contributed by atoms with E-state index in [1.165, 1.54) is 0 Å². The number of carbonyl (C=O) groups is 1. The van der Waals surface area contributed by atoms with Gasteiger partial charge in [0.2, 0.25) is 5.95 Å². The van der Waals surface area contributed by atoms with E-state index in [1.54, 1.807) is 11.9 Å². The molecule has 2 heterocycles. The number of anilines is 1. The standard InChI is InChI=1S/C16H21N5O2/c1-3-10-8-11(23-20-10)9-21(2)15(22)14-12-6-4-5-7-13(12)18-16(17)19-14/h8H,3-7,9H2,1-2H3,(H2,17,18,19). The molecule has 2 aromatic heterocycles. The fourth-order valence-electron chi connectivity index (χ4n) is 2.87. The van der Waals surface area contributed by atoms with Crippen LogP contribution in [-0.2, 0) is 25.8 Å². The van der Waals surface area contributed by atoms with Crippen LogP contribution in [0, 0.1) is 0 Å². The van der Waals surface area contributed by atoms with Gasteiger partial charge in [0.1, 0.15) is 5.69 Å². The highest BCUT2D eigenvalue weighted by Crippen LogP contribution is 2.24. The van der Waals surface area contributed by atoms with Crippen molar-refractivity contribution in [1.29, 1.82) is 0 Å². The maximum Gasteiger partial charge on any atom is 0.273 e. The molecule has 0 radical (unpaired) electrons. The molecule has 0 unspecified atom stereocenters. The molecule has 0 spiro atoms. The molecule has 0 aromatic carbocycles. The Kier molecular flexibility index (Phi) is 4.27. The quantitative estimate of drug-likeness (QED) is 0.923. The van der Waals surface area contributed by atoms with E-state index in [2.05, 4.69) is 15.1 Å². The topological polar surface area (TPSA) is 98.1 Å². The minimum atomic E-state index is -0.160. The summed E-state index contributed by atoms with van der Waals surface area (Å²) in [5, 5.41) is 3.95. The van der Waals surface area contributed by atoms with Gasteiger partial charge < -0.3 is 15.2 Å². The highest BCUT2D eigenvalue weighted by Gasteiger charge is 2.24. The number of hydrogen-bond donors (Lipinski definition) is 1. The number of carbonyl (C=O) groups excluding carboxylic acids is 1. The lowest BCUT2D eigenvalue weighted by Crippen LogP contribution is -2.29. The maximum atomic E-state index is 12.8. The third-order valence-electron chi connectivity index (χ3n) is 4.11.